The first-order chi connectivity index (χ1) is 6.75. The van der Waals surface area contributed by atoms with Gasteiger partial charge in [0.05, 0.1) is 17.6 Å². The first kappa shape index (κ1) is 10.3. The lowest BCUT2D eigenvalue weighted by Gasteiger charge is -2.07. The van der Waals surface area contributed by atoms with Gasteiger partial charge in [0.1, 0.15) is 5.78 Å². The van der Waals surface area contributed by atoms with Crippen molar-refractivity contribution < 1.29 is 13.7 Å². The summed E-state index contributed by atoms with van der Waals surface area (Å²) in [4.78, 5) is 11.4. The van der Waals surface area contributed by atoms with Gasteiger partial charge >= 0.3 is 0 Å². The van der Waals surface area contributed by atoms with Crippen LogP contribution in [0, 0.1) is 5.92 Å². The topological polar surface area (TPSA) is 43.4 Å². The molecular formula is C10H16O3S. The van der Waals surface area contributed by atoms with Crippen molar-refractivity contribution in [3.63, 3.8) is 0 Å². The molecule has 14 heavy (non-hydrogen) atoms. The van der Waals surface area contributed by atoms with Crippen LogP contribution in [0.15, 0.2) is 0 Å². The summed E-state index contributed by atoms with van der Waals surface area (Å²) in [5.74, 6) is 1.24. The average molecular weight is 216 g/mol. The van der Waals surface area contributed by atoms with Gasteiger partial charge in [0.25, 0.3) is 0 Å². The highest BCUT2D eigenvalue weighted by Gasteiger charge is 2.30. The Hall–Kier alpha value is -0.220. The fraction of sp³-hybridized carbons (Fsp3) is 0.900. The van der Waals surface area contributed by atoms with Crippen LogP contribution in [-0.2, 0) is 20.3 Å². The smallest absolute Gasteiger partial charge is 0.148 e. The third kappa shape index (κ3) is 2.89. The van der Waals surface area contributed by atoms with Crippen molar-refractivity contribution in [1.82, 2.24) is 0 Å². The van der Waals surface area contributed by atoms with Gasteiger partial charge < -0.3 is 4.74 Å². The highest BCUT2D eigenvalue weighted by atomic mass is 32.2. The van der Waals surface area contributed by atoms with E-state index in [1.807, 2.05) is 0 Å². The Morgan fingerprint density at radius 3 is 2.71 bits per heavy atom. The molecule has 0 amide bonds. The van der Waals surface area contributed by atoms with Crippen molar-refractivity contribution in [2.75, 3.05) is 18.1 Å². The minimum atomic E-state index is -0.995. The predicted molar refractivity (Wildman–Crippen MR) is 54.6 cm³/mol. The summed E-state index contributed by atoms with van der Waals surface area (Å²) in [7, 11) is -0.995. The Labute approximate surface area is 86.7 Å². The van der Waals surface area contributed by atoms with Crippen LogP contribution in [0.4, 0.5) is 0 Å². The molecule has 0 N–H and O–H groups in total. The number of hydrogen-bond donors (Lipinski definition) is 0. The van der Waals surface area contributed by atoms with Crippen molar-refractivity contribution in [2.45, 2.75) is 31.8 Å². The van der Waals surface area contributed by atoms with Crippen LogP contribution in [0.3, 0.4) is 0 Å². The summed E-state index contributed by atoms with van der Waals surface area (Å²) >= 11 is 0. The number of hydrogen-bond acceptors (Lipinski definition) is 3. The maximum Gasteiger partial charge on any atom is 0.148 e. The first-order valence-electron chi connectivity index (χ1n) is 5.25. The quantitative estimate of drug-likeness (QED) is 0.685. The summed E-state index contributed by atoms with van der Waals surface area (Å²) in [6.07, 6.45) is 4.23. The number of carbonyl (C=O) groups excluding carboxylic acids is 1. The van der Waals surface area contributed by atoms with Gasteiger partial charge in [-0.05, 0) is 25.7 Å². The van der Waals surface area contributed by atoms with Gasteiger partial charge in [-0.3, -0.25) is 9.00 Å². The first-order valence-corrected chi connectivity index (χ1v) is 6.74. The Bertz CT molecular complexity index is 242. The molecule has 2 unspecified atom stereocenters. The second-order valence-electron chi connectivity index (χ2n) is 4.13. The van der Waals surface area contributed by atoms with Gasteiger partial charge in [-0.2, -0.15) is 0 Å². The summed E-state index contributed by atoms with van der Waals surface area (Å²) in [6, 6.07) is 0. The van der Waals surface area contributed by atoms with Crippen LogP contribution < -0.4 is 0 Å². The molecule has 1 saturated heterocycles. The molecule has 80 valence electrons. The van der Waals surface area contributed by atoms with E-state index >= 15 is 0 Å². The molecule has 0 aromatic rings. The summed E-state index contributed by atoms with van der Waals surface area (Å²) in [5, 5.41) is 0. The zero-order valence-corrected chi connectivity index (χ0v) is 9.05. The van der Waals surface area contributed by atoms with E-state index in [1.54, 1.807) is 0 Å². The molecule has 0 aromatic heterocycles. The Morgan fingerprint density at radius 2 is 2.14 bits per heavy atom. The summed E-state index contributed by atoms with van der Waals surface area (Å²) in [6.45, 7) is 0.790. The lowest BCUT2D eigenvalue weighted by atomic mass is 10.3. The molecule has 2 aliphatic rings. The van der Waals surface area contributed by atoms with Gasteiger partial charge in [0, 0.05) is 23.3 Å². The fourth-order valence-corrected chi connectivity index (χ4v) is 3.07. The Kier molecular flexibility index (Phi) is 3.34. The van der Waals surface area contributed by atoms with E-state index in [4.69, 9.17) is 4.74 Å². The van der Waals surface area contributed by atoms with Crippen LogP contribution in [0.25, 0.3) is 0 Å². The molecule has 1 aliphatic carbocycles. The van der Waals surface area contributed by atoms with Crippen molar-refractivity contribution >= 4 is 16.6 Å². The number of ketones is 1. The van der Waals surface area contributed by atoms with Gasteiger partial charge in [0.2, 0.25) is 0 Å². The maximum atomic E-state index is 11.6. The molecule has 4 heteroatoms. The van der Waals surface area contributed by atoms with Crippen molar-refractivity contribution in [3.05, 3.63) is 0 Å². The molecule has 2 atom stereocenters. The number of carbonyl (C=O) groups is 1. The molecule has 1 heterocycles. The van der Waals surface area contributed by atoms with E-state index in [0.717, 1.165) is 32.3 Å². The molecule has 2 rings (SSSR count). The zero-order chi connectivity index (χ0) is 9.97. The highest BCUT2D eigenvalue weighted by Crippen LogP contribution is 2.30. The zero-order valence-electron chi connectivity index (χ0n) is 8.24. The molecule has 0 aromatic carbocycles. The van der Waals surface area contributed by atoms with Crippen molar-refractivity contribution in [3.8, 4) is 0 Å². The lowest BCUT2D eigenvalue weighted by molar-refractivity contribution is -0.117. The second-order valence-corrected chi connectivity index (χ2v) is 5.63. The van der Waals surface area contributed by atoms with Crippen LogP contribution in [-0.4, -0.2) is 34.2 Å². The van der Waals surface area contributed by atoms with Gasteiger partial charge in [-0.15, -0.1) is 0 Å². The van der Waals surface area contributed by atoms with E-state index < -0.39 is 10.8 Å². The van der Waals surface area contributed by atoms with Gasteiger partial charge in [-0.1, -0.05) is 0 Å². The average Bonchev–Trinajstić information content (AvgIpc) is 2.87. The largest absolute Gasteiger partial charge is 0.377 e. The third-order valence-electron chi connectivity index (χ3n) is 2.73. The van der Waals surface area contributed by atoms with E-state index in [2.05, 4.69) is 0 Å². The molecule has 0 radical (unpaired) electrons. The van der Waals surface area contributed by atoms with E-state index in [1.165, 1.54) is 0 Å². The monoisotopic (exact) mass is 216 g/mol. The van der Waals surface area contributed by atoms with E-state index in [0.29, 0.717) is 5.75 Å². The van der Waals surface area contributed by atoms with Crippen LogP contribution >= 0.6 is 0 Å². The summed E-state index contributed by atoms with van der Waals surface area (Å²) < 4.78 is 16.9. The maximum absolute atomic E-state index is 11.6. The third-order valence-corrected chi connectivity index (χ3v) is 4.08. The molecule has 1 aliphatic heterocycles. The molecule has 1 saturated carbocycles. The highest BCUT2D eigenvalue weighted by molar-refractivity contribution is 7.85. The van der Waals surface area contributed by atoms with Crippen molar-refractivity contribution in [2.24, 2.45) is 5.92 Å². The molecular weight excluding hydrogens is 200 g/mol. The normalized spacial score (nSPS) is 29.0. The molecule has 0 bridgehead atoms. The summed E-state index contributed by atoms with van der Waals surface area (Å²) in [5.41, 5.74) is 0. The molecule has 0 spiro atoms. The van der Waals surface area contributed by atoms with Gasteiger partial charge in [-0.25, -0.2) is 0 Å². The van der Waals surface area contributed by atoms with Crippen LogP contribution in [0.5, 0.6) is 0 Å². The van der Waals surface area contributed by atoms with E-state index in [9.17, 15) is 9.00 Å². The molecule has 2 fully saturated rings. The van der Waals surface area contributed by atoms with Crippen molar-refractivity contribution in [1.29, 1.82) is 0 Å². The number of Topliss-reactive ketones (excluding diaryl/α,β-unsaturated/α-hetero) is 1. The van der Waals surface area contributed by atoms with Gasteiger partial charge in [0.15, 0.2) is 0 Å². The SMILES string of the molecule is O=C(CS(=O)CC1CCCO1)C1CC1. The minimum Gasteiger partial charge on any atom is -0.377 e. The second kappa shape index (κ2) is 4.53. The lowest BCUT2D eigenvalue weighted by Crippen LogP contribution is -2.21. The molecule has 3 nitrogen and oxygen atoms in total. The minimum absolute atomic E-state index is 0.142. The Balaban J connectivity index is 1.69. The fourth-order valence-electron chi connectivity index (χ4n) is 1.72. The van der Waals surface area contributed by atoms with E-state index in [-0.39, 0.29) is 23.6 Å². The predicted octanol–water partition coefficient (Wildman–Crippen LogP) is 0.893. The number of rotatable bonds is 5. The van der Waals surface area contributed by atoms with Crippen LogP contribution in [0.1, 0.15) is 25.7 Å². The Morgan fingerprint density at radius 1 is 1.36 bits per heavy atom. The van der Waals surface area contributed by atoms with Crippen LogP contribution in [0.2, 0.25) is 0 Å². The standard InChI is InChI=1S/C10H16O3S/c11-10(8-3-4-8)7-14(12)6-9-2-1-5-13-9/h8-9H,1-7H2. The number of ether oxygens (including phenoxy) is 1.